The van der Waals surface area contributed by atoms with Gasteiger partial charge in [-0.2, -0.15) is 4.98 Å². The number of oxazole rings is 1. The maximum atomic E-state index is 12.0. The van der Waals surface area contributed by atoms with Gasteiger partial charge in [0.15, 0.2) is 5.82 Å². The third kappa shape index (κ3) is 3.43. The molecule has 1 heterocycles. The molecule has 0 spiro atoms. The number of primary amides is 1. The van der Waals surface area contributed by atoms with Gasteiger partial charge in [-0.05, 0) is 47.5 Å². The fourth-order valence-corrected chi connectivity index (χ4v) is 2.93. The van der Waals surface area contributed by atoms with Crippen LogP contribution in [-0.2, 0) is 0 Å². The predicted molar refractivity (Wildman–Crippen MR) is 110 cm³/mol. The number of benzene rings is 3. The number of carbonyl (C=O) groups excluding carboxylic acids is 1. The Hall–Kier alpha value is -4.06. The molecule has 2 amide bonds. The summed E-state index contributed by atoms with van der Waals surface area (Å²) in [5, 5.41) is 0. The minimum Gasteiger partial charge on any atom is -0.442 e. The van der Waals surface area contributed by atoms with Gasteiger partial charge in [0.2, 0.25) is 5.89 Å². The first-order valence-corrected chi connectivity index (χ1v) is 8.68. The molecule has 6 nitrogen and oxygen atoms in total. The lowest BCUT2D eigenvalue weighted by molar-refractivity contribution is 0.256. The van der Waals surface area contributed by atoms with Gasteiger partial charge >= 0.3 is 6.03 Å². The molecule has 4 rings (SSSR count). The molecule has 0 saturated heterocycles. The summed E-state index contributed by atoms with van der Waals surface area (Å²) in [7, 11) is 0. The second-order valence-corrected chi connectivity index (χ2v) is 6.22. The average Bonchev–Trinajstić information content (AvgIpc) is 3.20. The van der Waals surface area contributed by atoms with Gasteiger partial charge in [-0.15, -0.1) is 0 Å². The summed E-state index contributed by atoms with van der Waals surface area (Å²) in [6.45, 7) is 0. The van der Waals surface area contributed by atoms with Gasteiger partial charge in [-0.1, -0.05) is 42.5 Å². The molecule has 6 heteroatoms. The fraction of sp³-hybridized carbons (Fsp3) is 0. The van der Waals surface area contributed by atoms with Gasteiger partial charge in [0, 0.05) is 11.3 Å². The van der Waals surface area contributed by atoms with E-state index in [4.69, 9.17) is 15.9 Å². The van der Waals surface area contributed by atoms with Crippen molar-refractivity contribution < 1.29 is 9.21 Å². The first-order valence-electron chi connectivity index (χ1n) is 8.68. The van der Waals surface area contributed by atoms with Crippen LogP contribution >= 0.6 is 0 Å². The Balaban J connectivity index is 1.63. The molecule has 28 heavy (non-hydrogen) atoms. The normalized spacial score (nSPS) is 10.6. The number of hydrogen-bond donors (Lipinski definition) is 2. The van der Waals surface area contributed by atoms with E-state index in [1.54, 1.807) is 24.3 Å². The van der Waals surface area contributed by atoms with Crippen LogP contribution in [0.1, 0.15) is 0 Å². The first kappa shape index (κ1) is 17.4. The van der Waals surface area contributed by atoms with Crippen LogP contribution in [0.25, 0.3) is 22.6 Å². The SMILES string of the molecule is NC(=O)N(c1ccc(N)cc1)c1coc(-c2ccc(-c3ccccc3)cc2)n1. The average molecular weight is 370 g/mol. The Morgan fingerprint density at radius 3 is 2.07 bits per heavy atom. The zero-order valence-corrected chi connectivity index (χ0v) is 14.9. The van der Waals surface area contributed by atoms with Gasteiger partial charge < -0.3 is 15.9 Å². The van der Waals surface area contributed by atoms with Crippen molar-refractivity contribution in [2.75, 3.05) is 10.6 Å². The highest BCUT2D eigenvalue weighted by Crippen LogP contribution is 2.29. The number of carbonyl (C=O) groups is 1. The van der Waals surface area contributed by atoms with Crippen LogP contribution in [-0.4, -0.2) is 11.0 Å². The number of aromatic nitrogens is 1. The van der Waals surface area contributed by atoms with Crippen molar-refractivity contribution in [3.05, 3.63) is 85.1 Å². The van der Waals surface area contributed by atoms with Crippen LogP contribution in [0.3, 0.4) is 0 Å². The topological polar surface area (TPSA) is 98.4 Å². The number of nitrogens with zero attached hydrogens (tertiary/aromatic N) is 2. The molecule has 4 N–H and O–H groups in total. The van der Waals surface area contributed by atoms with Crippen molar-refractivity contribution in [2.45, 2.75) is 0 Å². The summed E-state index contributed by atoms with van der Waals surface area (Å²) >= 11 is 0. The molecule has 1 aromatic heterocycles. The van der Waals surface area contributed by atoms with Gasteiger partial charge in [0.25, 0.3) is 0 Å². The lowest BCUT2D eigenvalue weighted by atomic mass is 10.0. The molecule has 0 bridgehead atoms. The minimum atomic E-state index is -0.663. The van der Waals surface area contributed by atoms with Gasteiger partial charge in [0.05, 0.1) is 5.69 Å². The number of amides is 2. The van der Waals surface area contributed by atoms with E-state index < -0.39 is 6.03 Å². The molecular weight excluding hydrogens is 352 g/mol. The van der Waals surface area contributed by atoms with Crippen molar-refractivity contribution in [1.29, 1.82) is 0 Å². The quantitative estimate of drug-likeness (QED) is 0.504. The van der Waals surface area contributed by atoms with Crippen LogP contribution in [0.2, 0.25) is 0 Å². The Morgan fingerprint density at radius 2 is 1.43 bits per heavy atom. The summed E-state index contributed by atoms with van der Waals surface area (Å²) < 4.78 is 5.59. The van der Waals surface area contributed by atoms with E-state index in [9.17, 15) is 4.79 Å². The van der Waals surface area contributed by atoms with E-state index in [1.165, 1.54) is 11.2 Å². The monoisotopic (exact) mass is 370 g/mol. The molecule has 0 aliphatic carbocycles. The maximum absolute atomic E-state index is 12.0. The predicted octanol–water partition coefficient (Wildman–Crippen LogP) is 4.81. The highest BCUT2D eigenvalue weighted by molar-refractivity contribution is 5.97. The van der Waals surface area contributed by atoms with E-state index in [0.717, 1.165) is 16.7 Å². The van der Waals surface area contributed by atoms with Crippen LogP contribution in [0.5, 0.6) is 0 Å². The number of nitrogen functional groups attached to an aromatic ring is 1. The maximum Gasteiger partial charge on any atom is 0.325 e. The molecule has 0 unspecified atom stereocenters. The molecule has 0 atom stereocenters. The molecular formula is C22H18N4O2. The highest BCUT2D eigenvalue weighted by Gasteiger charge is 2.19. The Morgan fingerprint density at radius 1 is 0.821 bits per heavy atom. The molecule has 0 aliphatic rings. The smallest absolute Gasteiger partial charge is 0.325 e. The van der Waals surface area contributed by atoms with E-state index in [-0.39, 0.29) is 0 Å². The zero-order valence-electron chi connectivity index (χ0n) is 14.9. The molecule has 0 aliphatic heterocycles. The molecule has 138 valence electrons. The fourth-order valence-electron chi connectivity index (χ4n) is 2.93. The largest absolute Gasteiger partial charge is 0.442 e. The van der Waals surface area contributed by atoms with Crippen molar-refractivity contribution in [2.24, 2.45) is 5.73 Å². The number of nitrogens with two attached hydrogens (primary N) is 2. The zero-order chi connectivity index (χ0) is 19.5. The van der Waals surface area contributed by atoms with E-state index in [2.05, 4.69) is 17.1 Å². The van der Waals surface area contributed by atoms with Crippen molar-refractivity contribution >= 4 is 23.2 Å². The lowest BCUT2D eigenvalue weighted by Crippen LogP contribution is -2.31. The van der Waals surface area contributed by atoms with E-state index in [0.29, 0.717) is 23.1 Å². The van der Waals surface area contributed by atoms with Crippen LogP contribution in [0.15, 0.2) is 89.5 Å². The van der Waals surface area contributed by atoms with Gasteiger partial charge in [0.1, 0.15) is 6.26 Å². The third-order valence-electron chi connectivity index (χ3n) is 4.33. The van der Waals surface area contributed by atoms with Crippen molar-refractivity contribution in [1.82, 2.24) is 4.98 Å². The molecule has 0 saturated carbocycles. The number of anilines is 3. The summed E-state index contributed by atoms with van der Waals surface area (Å²) in [5.74, 6) is 0.704. The number of urea groups is 1. The van der Waals surface area contributed by atoms with Crippen molar-refractivity contribution in [3.63, 3.8) is 0 Å². The summed E-state index contributed by atoms with van der Waals surface area (Å²) in [6.07, 6.45) is 1.40. The Bertz CT molecular complexity index is 1090. The second-order valence-electron chi connectivity index (χ2n) is 6.22. The summed E-state index contributed by atoms with van der Waals surface area (Å²) in [6, 6.07) is 24.0. The Labute approximate surface area is 162 Å². The third-order valence-corrected chi connectivity index (χ3v) is 4.33. The summed E-state index contributed by atoms with van der Waals surface area (Å²) in [5.41, 5.74) is 15.4. The van der Waals surface area contributed by atoms with Crippen LogP contribution < -0.4 is 16.4 Å². The van der Waals surface area contributed by atoms with Gasteiger partial charge in [-0.3, -0.25) is 0 Å². The number of hydrogen-bond acceptors (Lipinski definition) is 4. The van der Waals surface area contributed by atoms with Gasteiger partial charge in [-0.25, -0.2) is 9.69 Å². The Kier molecular flexibility index (Phi) is 4.51. The minimum absolute atomic E-state index is 0.305. The van der Waals surface area contributed by atoms with E-state index in [1.807, 2.05) is 42.5 Å². The number of rotatable bonds is 4. The molecule has 4 aromatic rings. The van der Waals surface area contributed by atoms with Crippen LogP contribution in [0.4, 0.5) is 22.0 Å². The van der Waals surface area contributed by atoms with Crippen molar-refractivity contribution in [3.8, 4) is 22.6 Å². The summed E-state index contributed by atoms with van der Waals surface area (Å²) in [4.78, 5) is 17.7. The standard InChI is InChI=1S/C22H18N4O2/c23-18-10-12-19(13-11-18)26(22(24)27)20-14-28-21(25-20)17-8-6-16(7-9-17)15-4-2-1-3-5-15/h1-14H,23H2,(H2,24,27). The molecule has 3 aromatic carbocycles. The van der Waals surface area contributed by atoms with E-state index >= 15 is 0 Å². The van der Waals surface area contributed by atoms with Crippen LogP contribution in [0, 0.1) is 0 Å². The first-order chi connectivity index (χ1) is 13.6. The highest BCUT2D eigenvalue weighted by atomic mass is 16.3. The lowest BCUT2D eigenvalue weighted by Gasteiger charge is -2.17. The molecule has 0 fully saturated rings. The second kappa shape index (κ2) is 7.28. The molecule has 0 radical (unpaired) electrons.